The monoisotopic (exact) mass is 387 g/mol. The molecule has 2 saturated heterocycles. The van der Waals surface area contributed by atoms with Gasteiger partial charge in [0.1, 0.15) is 5.82 Å². The molecule has 2 aliphatic rings. The number of imidazole rings is 1. The van der Waals surface area contributed by atoms with E-state index >= 15 is 0 Å². The van der Waals surface area contributed by atoms with Crippen molar-refractivity contribution in [3.63, 3.8) is 0 Å². The molecule has 2 fully saturated rings. The van der Waals surface area contributed by atoms with E-state index in [9.17, 15) is 8.42 Å². The second kappa shape index (κ2) is 7.76. The summed E-state index contributed by atoms with van der Waals surface area (Å²) in [5.41, 5.74) is 0.968. The van der Waals surface area contributed by atoms with Crippen LogP contribution in [0.2, 0.25) is 0 Å². The molecule has 0 aliphatic carbocycles. The minimum Gasteiger partial charge on any atom is -0.331 e. The molecule has 1 aromatic heterocycles. The number of aryl methyl sites for hydroxylation is 1. The maximum atomic E-state index is 11.7. The third kappa shape index (κ3) is 4.11. The number of aromatic nitrogens is 2. The lowest BCUT2D eigenvalue weighted by atomic mass is 9.81. The van der Waals surface area contributed by atoms with Gasteiger partial charge in [0.25, 0.3) is 0 Å². The zero-order valence-electron chi connectivity index (χ0n) is 16.0. The molecule has 0 saturated carbocycles. The van der Waals surface area contributed by atoms with Crippen LogP contribution in [0.4, 0.5) is 0 Å². The van der Waals surface area contributed by atoms with Gasteiger partial charge in [0, 0.05) is 36.8 Å². The summed E-state index contributed by atoms with van der Waals surface area (Å²) in [6.07, 6.45) is 13.1. The summed E-state index contributed by atoms with van der Waals surface area (Å²) in [5.74, 6) is 1.70. The van der Waals surface area contributed by atoms with E-state index < -0.39 is 9.84 Å². The second-order valence-corrected chi connectivity index (χ2v) is 10.0. The van der Waals surface area contributed by atoms with Crippen LogP contribution in [-0.4, -0.2) is 48.3 Å². The molecule has 27 heavy (non-hydrogen) atoms. The van der Waals surface area contributed by atoms with Crippen molar-refractivity contribution in [1.29, 1.82) is 0 Å². The van der Waals surface area contributed by atoms with Crippen molar-refractivity contribution in [2.24, 2.45) is 5.92 Å². The number of hydrogen-bond acceptors (Lipinski definition) is 4. The first-order valence-electron chi connectivity index (χ1n) is 10.1. The summed E-state index contributed by atoms with van der Waals surface area (Å²) in [4.78, 5) is 7.60. The number of hydrogen-bond donors (Lipinski definition) is 0. The Morgan fingerprint density at radius 3 is 2.63 bits per heavy atom. The van der Waals surface area contributed by atoms with Gasteiger partial charge in [0.2, 0.25) is 0 Å². The molecule has 2 aliphatic heterocycles. The van der Waals surface area contributed by atoms with Crippen molar-refractivity contribution >= 4 is 9.84 Å². The van der Waals surface area contributed by atoms with Crippen LogP contribution in [0.1, 0.15) is 38.5 Å². The Hall–Kier alpha value is -1.66. The smallest absolute Gasteiger partial charge is 0.175 e. The molecule has 4 rings (SSSR count). The highest BCUT2D eigenvalue weighted by Crippen LogP contribution is 2.33. The number of rotatable bonds is 5. The van der Waals surface area contributed by atoms with E-state index in [2.05, 4.69) is 14.5 Å². The molecule has 0 bridgehead atoms. The lowest BCUT2D eigenvalue weighted by molar-refractivity contribution is 0.0539. The SMILES string of the molecule is CS(=O)(=O)c1ccc(-c2nccn2CC[C@@H]2CCCN3CCCC[C@H]23)cc1. The molecule has 0 radical (unpaired) electrons. The molecular weight excluding hydrogens is 358 g/mol. The Morgan fingerprint density at radius 2 is 1.85 bits per heavy atom. The van der Waals surface area contributed by atoms with Crippen molar-refractivity contribution in [3.05, 3.63) is 36.7 Å². The van der Waals surface area contributed by atoms with Gasteiger partial charge in [-0.05, 0) is 75.4 Å². The molecular formula is C21H29N3O2S. The van der Waals surface area contributed by atoms with E-state index in [1.165, 1.54) is 57.9 Å². The van der Waals surface area contributed by atoms with Crippen LogP contribution >= 0.6 is 0 Å². The zero-order chi connectivity index (χ0) is 18.9. The lowest BCUT2D eigenvalue weighted by Crippen LogP contribution is -2.48. The average molecular weight is 388 g/mol. The second-order valence-electron chi connectivity index (χ2n) is 8.03. The highest BCUT2D eigenvalue weighted by Gasteiger charge is 2.32. The fourth-order valence-electron chi connectivity index (χ4n) is 4.82. The summed E-state index contributed by atoms with van der Waals surface area (Å²) in [6.45, 7) is 3.53. The third-order valence-corrected chi connectivity index (χ3v) is 7.35. The number of piperidine rings is 2. The molecule has 146 valence electrons. The molecule has 0 amide bonds. The Labute approximate surface area is 162 Å². The molecule has 0 unspecified atom stereocenters. The predicted octanol–water partition coefficient (Wildman–Crippen LogP) is 3.61. The van der Waals surface area contributed by atoms with Gasteiger partial charge >= 0.3 is 0 Å². The van der Waals surface area contributed by atoms with E-state index in [4.69, 9.17) is 0 Å². The largest absolute Gasteiger partial charge is 0.331 e. The third-order valence-electron chi connectivity index (χ3n) is 6.23. The normalized spacial score (nSPS) is 23.9. The Bertz CT molecular complexity index is 871. The predicted molar refractivity (Wildman–Crippen MR) is 107 cm³/mol. The molecule has 0 N–H and O–H groups in total. The maximum Gasteiger partial charge on any atom is 0.175 e. The summed E-state index contributed by atoms with van der Waals surface area (Å²) >= 11 is 0. The fraction of sp³-hybridized carbons (Fsp3) is 0.571. The van der Waals surface area contributed by atoms with Crippen LogP contribution < -0.4 is 0 Å². The number of nitrogens with zero attached hydrogens (tertiary/aromatic N) is 3. The summed E-state index contributed by atoms with van der Waals surface area (Å²) < 4.78 is 25.6. The van der Waals surface area contributed by atoms with Crippen LogP contribution in [0.5, 0.6) is 0 Å². The summed E-state index contributed by atoms with van der Waals surface area (Å²) in [6, 6.07) is 7.83. The van der Waals surface area contributed by atoms with Gasteiger partial charge in [0.15, 0.2) is 9.84 Å². The van der Waals surface area contributed by atoms with Crippen LogP contribution in [0.3, 0.4) is 0 Å². The molecule has 2 atom stereocenters. The number of benzene rings is 1. The fourth-order valence-corrected chi connectivity index (χ4v) is 5.45. The molecule has 2 aromatic rings. The lowest BCUT2D eigenvalue weighted by Gasteiger charge is -2.44. The van der Waals surface area contributed by atoms with Crippen LogP contribution in [0.25, 0.3) is 11.4 Å². The van der Waals surface area contributed by atoms with E-state index in [0.717, 1.165) is 29.9 Å². The van der Waals surface area contributed by atoms with Gasteiger partial charge in [-0.1, -0.05) is 6.42 Å². The van der Waals surface area contributed by atoms with Crippen LogP contribution in [0.15, 0.2) is 41.6 Å². The highest BCUT2D eigenvalue weighted by molar-refractivity contribution is 7.90. The summed E-state index contributed by atoms with van der Waals surface area (Å²) in [5, 5.41) is 0. The number of sulfone groups is 1. The highest BCUT2D eigenvalue weighted by atomic mass is 32.2. The maximum absolute atomic E-state index is 11.7. The van der Waals surface area contributed by atoms with Crippen molar-refractivity contribution in [2.75, 3.05) is 19.3 Å². The average Bonchev–Trinajstić information content (AvgIpc) is 3.14. The molecule has 1 aromatic carbocycles. The van der Waals surface area contributed by atoms with Gasteiger partial charge < -0.3 is 9.47 Å². The molecule has 3 heterocycles. The standard InChI is InChI=1S/C21H29N3O2S/c1-27(25,26)19-9-7-18(8-10-19)21-22-12-16-24(21)15-11-17-5-4-14-23-13-3-2-6-20(17)23/h7-10,12,16-17,20H,2-6,11,13-15H2,1H3/t17-,20+/m0/s1. The molecule has 6 heteroatoms. The van der Waals surface area contributed by atoms with Crippen molar-refractivity contribution in [1.82, 2.24) is 14.5 Å². The van der Waals surface area contributed by atoms with Crippen LogP contribution in [0, 0.1) is 5.92 Å². The number of fused-ring (bicyclic) bond motifs is 1. The van der Waals surface area contributed by atoms with Crippen molar-refractivity contribution in [3.8, 4) is 11.4 Å². The Balaban J connectivity index is 1.46. The van der Waals surface area contributed by atoms with Gasteiger partial charge in [-0.2, -0.15) is 0 Å². The minimum atomic E-state index is -3.17. The quantitative estimate of drug-likeness (QED) is 0.786. The molecule has 5 nitrogen and oxygen atoms in total. The summed E-state index contributed by atoms with van der Waals surface area (Å²) in [7, 11) is -3.17. The first-order valence-corrected chi connectivity index (χ1v) is 12.0. The zero-order valence-corrected chi connectivity index (χ0v) is 16.9. The van der Waals surface area contributed by atoms with Crippen LogP contribution in [-0.2, 0) is 16.4 Å². The Kier molecular flexibility index (Phi) is 5.37. The first-order chi connectivity index (χ1) is 13.0. The van der Waals surface area contributed by atoms with Crippen molar-refractivity contribution in [2.45, 2.75) is 56.0 Å². The van der Waals surface area contributed by atoms with E-state index in [1.807, 2.05) is 24.5 Å². The molecule has 0 spiro atoms. The van der Waals surface area contributed by atoms with E-state index in [-0.39, 0.29) is 0 Å². The van der Waals surface area contributed by atoms with E-state index in [0.29, 0.717) is 4.90 Å². The first kappa shape index (κ1) is 18.7. The van der Waals surface area contributed by atoms with Gasteiger partial charge in [-0.3, -0.25) is 0 Å². The van der Waals surface area contributed by atoms with Crippen molar-refractivity contribution < 1.29 is 8.42 Å². The minimum absolute atomic E-state index is 0.351. The van der Waals surface area contributed by atoms with Gasteiger partial charge in [-0.25, -0.2) is 13.4 Å². The van der Waals surface area contributed by atoms with E-state index in [1.54, 1.807) is 12.1 Å². The Morgan fingerprint density at radius 1 is 1.07 bits per heavy atom. The topological polar surface area (TPSA) is 55.2 Å². The van der Waals surface area contributed by atoms with Gasteiger partial charge in [0.05, 0.1) is 4.90 Å². The van der Waals surface area contributed by atoms with Gasteiger partial charge in [-0.15, -0.1) is 0 Å².